The Morgan fingerprint density at radius 1 is 1.47 bits per heavy atom. The van der Waals surface area contributed by atoms with Crippen molar-refractivity contribution in [2.45, 2.75) is 12.8 Å². The number of ether oxygens (including phenoxy) is 1. The quantitative estimate of drug-likeness (QED) is 0.760. The van der Waals surface area contributed by atoms with Gasteiger partial charge in [0.05, 0.1) is 10.8 Å². The molecular formula is C11H8Cl2FNOS. The van der Waals surface area contributed by atoms with Gasteiger partial charge in [-0.1, -0.05) is 22.9 Å². The van der Waals surface area contributed by atoms with Crippen LogP contribution in [0.4, 0.5) is 4.39 Å². The number of halogens is 3. The van der Waals surface area contributed by atoms with Crippen LogP contribution in [-0.2, 0) is 5.88 Å². The maximum Gasteiger partial charge on any atom is 0.280 e. The van der Waals surface area contributed by atoms with E-state index < -0.39 is 0 Å². The number of nitrogens with zero attached hydrogens (tertiary/aromatic N) is 1. The Morgan fingerprint density at radius 2 is 2.24 bits per heavy atom. The van der Waals surface area contributed by atoms with Crippen LogP contribution in [-0.4, -0.2) is 4.98 Å². The fraction of sp³-hybridized carbons (Fsp3) is 0.182. The van der Waals surface area contributed by atoms with Crippen LogP contribution in [0.15, 0.2) is 18.2 Å². The van der Waals surface area contributed by atoms with Gasteiger partial charge in [-0.2, -0.15) is 4.98 Å². The maximum atomic E-state index is 13.1. The van der Waals surface area contributed by atoms with Gasteiger partial charge in [0.2, 0.25) is 0 Å². The summed E-state index contributed by atoms with van der Waals surface area (Å²) in [7, 11) is 0. The first-order valence-electron chi connectivity index (χ1n) is 4.75. The summed E-state index contributed by atoms with van der Waals surface area (Å²) in [5, 5.41) is 0.746. The topological polar surface area (TPSA) is 22.1 Å². The second-order valence-corrected chi connectivity index (χ2v) is 5.01. The molecule has 2 nitrogen and oxygen atoms in total. The number of thiazole rings is 1. The zero-order valence-corrected chi connectivity index (χ0v) is 11.2. The van der Waals surface area contributed by atoms with Crippen LogP contribution < -0.4 is 4.74 Å². The highest BCUT2D eigenvalue weighted by Gasteiger charge is 2.10. The summed E-state index contributed by atoms with van der Waals surface area (Å²) in [5.41, 5.74) is 0.516. The summed E-state index contributed by atoms with van der Waals surface area (Å²) in [6.45, 7) is 1.67. The molecule has 6 heteroatoms. The molecule has 0 unspecified atom stereocenters. The minimum Gasteiger partial charge on any atom is -0.431 e. The molecule has 0 fully saturated rings. The Hall–Kier alpha value is -0.840. The van der Waals surface area contributed by atoms with E-state index in [2.05, 4.69) is 4.98 Å². The number of aromatic nitrogens is 1. The van der Waals surface area contributed by atoms with E-state index in [0.717, 1.165) is 4.88 Å². The molecule has 2 aromatic rings. The standard InChI is InChI=1S/C11H8Cl2FNOS/c1-6-4-7(2-3-8(6)14)16-11-15-10(13)9(5-12)17-11/h2-4H,5H2,1H3. The Labute approximate surface area is 112 Å². The molecule has 1 heterocycles. The lowest BCUT2D eigenvalue weighted by atomic mass is 10.2. The van der Waals surface area contributed by atoms with Crippen LogP contribution in [0.1, 0.15) is 10.4 Å². The highest BCUT2D eigenvalue weighted by molar-refractivity contribution is 7.14. The largest absolute Gasteiger partial charge is 0.431 e. The van der Waals surface area contributed by atoms with Gasteiger partial charge in [-0.3, -0.25) is 0 Å². The summed E-state index contributed by atoms with van der Waals surface area (Å²) in [6, 6.07) is 4.49. The van der Waals surface area contributed by atoms with Gasteiger partial charge in [0.15, 0.2) is 0 Å². The summed E-state index contributed by atoms with van der Waals surface area (Å²) in [6.07, 6.45) is 0. The molecule has 0 aliphatic rings. The minimum absolute atomic E-state index is 0.268. The van der Waals surface area contributed by atoms with Gasteiger partial charge < -0.3 is 4.74 Å². The molecule has 0 bridgehead atoms. The van der Waals surface area contributed by atoms with Gasteiger partial charge >= 0.3 is 0 Å². The van der Waals surface area contributed by atoms with Gasteiger partial charge in [-0.25, -0.2) is 4.39 Å². The Kier molecular flexibility index (Phi) is 3.86. The van der Waals surface area contributed by atoms with Crippen LogP contribution in [0.5, 0.6) is 10.9 Å². The SMILES string of the molecule is Cc1cc(Oc2nc(Cl)c(CCl)s2)ccc1F. The van der Waals surface area contributed by atoms with Gasteiger partial charge in [0.1, 0.15) is 16.7 Å². The molecule has 0 radical (unpaired) electrons. The molecular weight excluding hydrogens is 284 g/mol. The lowest BCUT2D eigenvalue weighted by molar-refractivity contribution is 0.476. The number of benzene rings is 1. The predicted molar refractivity (Wildman–Crippen MR) is 67.9 cm³/mol. The van der Waals surface area contributed by atoms with Crippen molar-refractivity contribution >= 4 is 34.5 Å². The van der Waals surface area contributed by atoms with E-state index in [1.807, 2.05) is 0 Å². The molecule has 1 aromatic carbocycles. The molecule has 0 amide bonds. The van der Waals surface area contributed by atoms with Crippen LogP contribution in [0.3, 0.4) is 0 Å². The molecule has 0 spiro atoms. The predicted octanol–water partition coefficient (Wildman–Crippen LogP) is 4.78. The third-order valence-electron chi connectivity index (χ3n) is 2.09. The number of hydrogen-bond acceptors (Lipinski definition) is 3. The highest BCUT2D eigenvalue weighted by Crippen LogP contribution is 2.33. The monoisotopic (exact) mass is 291 g/mol. The van der Waals surface area contributed by atoms with E-state index in [1.165, 1.54) is 23.5 Å². The molecule has 90 valence electrons. The van der Waals surface area contributed by atoms with Crippen LogP contribution in [0, 0.1) is 12.7 Å². The van der Waals surface area contributed by atoms with Crippen molar-refractivity contribution in [1.82, 2.24) is 4.98 Å². The van der Waals surface area contributed by atoms with Gasteiger partial charge in [0.25, 0.3) is 5.19 Å². The first kappa shape index (κ1) is 12.6. The maximum absolute atomic E-state index is 13.1. The summed E-state index contributed by atoms with van der Waals surface area (Å²) >= 11 is 12.8. The molecule has 17 heavy (non-hydrogen) atoms. The number of alkyl halides is 1. The van der Waals surface area contributed by atoms with Crippen molar-refractivity contribution in [1.29, 1.82) is 0 Å². The second-order valence-electron chi connectivity index (χ2n) is 3.34. The van der Waals surface area contributed by atoms with E-state index in [0.29, 0.717) is 27.5 Å². The number of aryl methyl sites for hydroxylation is 1. The summed E-state index contributed by atoms with van der Waals surface area (Å²) in [5.74, 6) is 0.550. The van der Waals surface area contributed by atoms with E-state index in [1.54, 1.807) is 13.0 Å². The fourth-order valence-corrected chi connectivity index (χ4v) is 2.56. The van der Waals surface area contributed by atoms with Gasteiger partial charge in [-0.05, 0) is 30.7 Å². The van der Waals surface area contributed by atoms with Crippen molar-refractivity contribution in [3.63, 3.8) is 0 Å². The minimum atomic E-state index is -0.268. The fourth-order valence-electron chi connectivity index (χ4n) is 1.22. The van der Waals surface area contributed by atoms with Gasteiger partial charge in [0, 0.05) is 0 Å². The van der Waals surface area contributed by atoms with E-state index in [-0.39, 0.29) is 5.82 Å². The van der Waals surface area contributed by atoms with E-state index in [9.17, 15) is 4.39 Å². The van der Waals surface area contributed by atoms with Crippen LogP contribution in [0.2, 0.25) is 5.15 Å². The van der Waals surface area contributed by atoms with Crippen LogP contribution in [0.25, 0.3) is 0 Å². The molecule has 1 aromatic heterocycles. The number of hydrogen-bond donors (Lipinski definition) is 0. The molecule has 0 saturated heterocycles. The molecule has 0 aliphatic heterocycles. The summed E-state index contributed by atoms with van der Waals surface area (Å²) in [4.78, 5) is 4.76. The zero-order valence-electron chi connectivity index (χ0n) is 8.84. The normalized spacial score (nSPS) is 10.6. The smallest absolute Gasteiger partial charge is 0.280 e. The Balaban J connectivity index is 2.22. The first-order chi connectivity index (χ1) is 8.10. The lowest BCUT2D eigenvalue weighted by Gasteiger charge is -2.02. The van der Waals surface area contributed by atoms with Crippen LogP contribution >= 0.6 is 34.5 Å². The van der Waals surface area contributed by atoms with Crippen molar-refractivity contribution in [2.24, 2.45) is 0 Å². The third-order valence-corrected chi connectivity index (χ3v) is 3.87. The molecule has 0 atom stereocenters. The van der Waals surface area contributed by atoms with E-state index >= 15 is 0 Å². The average Bonchev–Trinajstić information content (AvgIpc) is 2.64. The van der Waals surface area contributed by atoms with Crippen molar-refractivity contribution in [2.75, 3.05) is 0 Å². The van der Waals surface area contributed by atoms with E-state index in [4.69, 9.17) is 27.9 Å². The Bertz CT molecular complexity index is 544. The first-order valence-corrected chi connectivity index (χ1v) is 6.48. The third kappa shape index (κ3) is 2.89. The molecule has 2 rings (SSSR count). The Morgan fingerprint density at radius 3 is 2.82 bits per heavy atom. The zero-order chi connectivity index (χ0) is 12.4. The molecule has 0 aliphatic carbocycles. The van der Waals surface area contributed by atoms with Crippen molar-refractivity contribution < 1.29 is 9.13 Å². The molecule has 0 N–H and O–H groups in total. The van der Waals surface area contributed by atoms with Crippen molar-refractivity contribution in [3.05, 3.63) is 39.6 Å². The number of rotatable bonds is 3. The lowest BCUT2D eigenvalue weighted by Crippen LogP contribution is -1.86. The summed E-state index contributed by atoms with van der Waals surface area (Å²) < 4.78 is 18.5. The molecule has 0 saturated carbocycles. The average molecular weight is 292 g/mol. The van der Waals surface area contributed by atoms with Crippen molar-refractivity contribution in [3.8, 4) is 10.9 Å². The highest BCUT2D eigenvalue weighted by atomic mass is 35.5. The van der Waals surface area contributed by atoms with Gasteiger partial charge in [-0.15, -0.1) is 11.6 Å². The second kappa shape index (κ2) is 5.21.